The number of unbranched alkanes of at least 4 members (excludes halogenated alkanes) is 1. The molecule has 0 bridgehead atoms. The molecule has 0 aromatic rings. The molecule has 1 unspecified atom stereocenters. The molecule has 14 heavy (non-hydrogen) atoms. The highest BCUT2D eigenvalue weighted by atomic mass is 32.2. The fourth-order valence-corrected chi connectivity index (χ4v) is 2.33. The van der Waals surface area contributed by atoms with Crippen LogP contribution < -0.4 is 5.32 Å². The fourth-order valence-electron chi connectivity index (χ4n) is 1.83. The van der Waals surface area contributed by atoms with Crippen LogP contribution in [0.15, 0.2) is 0 Å². The molecule has 84 valence electrons. The molecular weight excluding hydrogens is 194 g/mol. The summed E-state index contributed by atoms with van der Waals surface area (Å²) >= 11 is 1.93. The van der Waals surface area contributed by atoms with E-state index in [0.717, 1.165) is 19.8 Å². The van der Waals surface area contributed by atoms with E-state index in [-0.39, 0.29) is 5.54 Å². The van der Waals surface area contributed by atoms with Gasteiger partial charge in [0.05, 0.1) is 6.61 Å². The Kier molecular flexibility index (Phi) is 5.90. The number of nitrogens with one attached hydrogen (secondary N) is 1. The molecule has 2 nitrogen and oxygen atoms in total. The van der Waals surface area contributed by atoms with Crippen molar-refractivity contribution in [2.75, 3.05) is 31.8 Å². The molecule has 0 aromatic heterocycles. The van der Waals surface area contributed by atoms with Crippen molar-refractivity contribution in [2.45, 2.75) is 38.1 Å². The first-order valence-electron chi connectivity index (χ1n) is 5.58. The van der Waals surface area contributed by atoms with Crippen LogP contribution in [0, 0.1) is 0 Å². The van der Waals surface area contributed by atoms with Crippen molar-refractivity contribution < 1.29 is 4.74 Å². The van der Waals surface area contributed by atoms with Crippen LogP contribution in [0.5, 0.6) is 0 Å². The van der Waals surface area contributed by atoms with Gasteiger partial charge in [-0.3, -0.25) is 0 Å². The summed E-state index contributed by atoms with van der Waals surface area (Å²) in [4.78, 5) is 0. The Hall–Kier alpha value is 0.270. The maximum atomic E-state index is 5.50. The summed E-state index contributed by atoms with van der Waals surface area (Å²) in [7, 11) is 0. The molecule has 1 heterocycles. The van der Waals surface area contributed by atoms with Gasteiger partial charge in [0, 0.05) is 12.1 Å². The van der Waals surface area contributed by atoms with Crippen LogP contribution in [0.2, 0.25) is 0 Å². The standard InChI is InChI=1S/C11H23NOS/c1-11(6-5-8-13-10-11)12-7-3-4-9-14-2/h12H,3-10H2,1-2H3. The smallest absolute Gasteiger partial charge is 0.0645 e. The lowest BCUT2D eigenvalue weighted by Gasteiger charge is -2.34. The predicted octanol–water partition coefficient (Wildman–Crippen LogP) is 2.29. The summed E-state index contributed by atoms with van der Waals surface area (Å²) in [5, 5.41) is 3.62. The second-order valence-corrected chi connectivity index (χ2v) is 5.33. The molecule has 0 amide bonds. The first-order chi connectivity index (χ1) is 6.77. The Morgan fingerprint density at radius 1 is 1.43 bits per heavy atom. The normalized spacial score (nSPS) is 27.9. The average Bonchev–Trinajstić information content (AvgIpc) is 2.18. The van der Waals surface area contributed by atoms with Gasteiger partial charge in [0.15, 0.2) is 0 Å². The lowest BCUT2D eigenvalue weighted by atomic mass is 9.95. The fraction of sp³-hybridized carbons (Fsp3) is 1.00. The second-order valence-electron chi connectivity index (χ2n) is 4.34. The number of hydrogen-bond acceptors (Lipinski definition) is 3. The highest BCUT2D eigenvalue weighted by Gasteiger charge is 2.26. The topological polar surface area (TPSA) is 21.3 Å². The zero-order valence-electron chi connectivity index (χ0n) is 9.47. The van der Waals surface area contributed by atoms with Gasteiger partial charge in [0.25, 0.3) is 0 Å². The van der Waals surface area contributed by atoms with Gasteiger partial charge in [0.1, 0.15) is 0 Å². The van der Waals surface area contributed by atoms with E-state index in [9.17, 15) is 0 Å². The highest BCUT2D eigenvalue weighted by molar-refractivity contribution is 7.98. The van der Waals surface area contributed by atoms with Crippen molar-refractivity contribution in [1.82, 2.24) is 5.32 Å². The van der Waals surface area contributed by atoms with Crippen LogP contribution in [0.4, 0.5) is 0 Å². The van der Waals surface area contributed by atoms with Gasteiger partial charge >= 0.3 is 0 Å². The monoisotopic (exact) mass is 217 g/mol. The van der Waals surface area contributed by atoms with Crippen molar-refractivity contribution in [2.24, 2.45) is 0 Å². The lowest BCUT2D eigenvalue weighted by Crippen LogP contribution is -2.49. The molecule has 1 rings (SSSR count). The summed E-state index contributed by atoms with van der Waals surface area (Å²) in [6.45, 7) is 5.25. The number of thioether (sulfide) groups is 1. The van der Waals surface area contributed by atoms with E-state index >= 15 is 0 Å². The lowest BCUT2D eigenvalue weighted by molar-refractivity contribution is 0.0286. The summed E-state index contributed by atoms with van der Waals surface area (Å²) in [6, 6.07) is 0. The number of ether oxygens (including phenoxy) is 1. The van der Waals surface area contributed by atoms with Gasteiger partial charge in [-0.15, -0.1) is 0 Å². The molecule has 0 spiro atoms. The molecule has 1 aliphatic rings. The summed E-state index contributed by atoms with van der Waals surface area (Å²) in [5.74, 6) is 1.29. The van der Waals surface area contributed by atoms with Gasteiger partial charge < -0.3 is 10.1 Å². The first-order valence-corrected chi connectivity index (χ1v) is 6.98. The van der Waals surface area contributed by atoms with Crippen molar-refractivity contribution >= 4 is 11.8 Å². The van der Waals surface area contributed by atoms with Gasteiger partial charge in [0.2, 0.25) is 0 Å². The summed E-state index contributed by atoms with van der Waals surface area (Å²) in [6.07, 6.45) is 7.25. The van der Waals surface area contributed by atoms with E-state index in [1.165, 1.54) is 31.4 Å². The maximum absolute atomic E-state index is 5.50. The minimum atomic E-state index is 0.248. The van der Waals surface area contributed by atoms with Gasteiger partial charge in [-0.1, -0.05) is 0 Å². The third kappa shape index (κ3) is 4.67. The van der Waals surface area contributed by atoms with Gasteiger partial charge in [-0.05, 0) is 51.2 Å². The highest BCUT2D eigenvalue weighted by Crippen LogP contribution is 2.18. The minimum absolute atomic E-state index is 0.248. The Morgan fingerprint density at radius 2 is 2.29 bits per heavy atom. The van der Waals surface area contributed by atoms with Crippen LogP contribution in [0.25, 0.3) is 0 Å². The Labute approximate surface area is 92.2 Å². The SMILES string of the molecule is CSCCCCNC1(C)CCCOC1. The zero-order chi connectivity index (χ0) is 10.3. The van der Waals surface area contributed by atoms with Gasteiger partial charge in [-0.2, -0.15) is 11.8 Å². The molecule has 1 aliphatic heterocycles. The molecule has 0 aliphatic carbocycles. The Bertz CT molecular complexity index is 146. The molecule has 0 radical (unpaired) electrons. The van der Waals surface area contributed by atoms with E-state index in [0.29, 0.717) is 0 Å². The van der Waals surface area contributed by atoms with E-state index in [2.05, 4.69) is 18.5 Å². The second kappa shape index (κ2) is 6.70. The third-order valence-electron chi connectivity index (χ3n) is 2.76. The van der Waals surface area contributed by atoms with E-state index < -0.39 is 0 Å². The van der Waals surface area contributed by atoms with Crippen LogP contribution in [-0.4, -0.2) is 37.3 Å². The maximum Gasteiger partial charge on any atom is 0.0645 e. The molecule has 3 heteroatoms. The largest absolute Gasteiger partial charge is 0.380 e. The van der Waals surface area contributed by atoms with Gasteiger partial charge in [-0.25, -0.2) is 0 Å². The van der Waals surface area contributed by atoms with Crippen LogP contribution in [-0.2, 0) is 4.74 Å². The van der Waals surface area contributed by atoms with Crippen molar-refractivity contribution in [3.8, 4) is 0 Å². The minimum Gasteiger partial charge on any atom is -0.380 e. The number of hydrogen-bond donors (Lipinski definition) is 1. The average molecular weight is 217 g/mol. The molecule has 1 fully saturated rings. The molecular formula is C11H23NOS. The third-order valence-corrected chi connectivity index (χ3v) is 3.46. The zero-order valence-corrected chi connectivity index (χ0v) is 10.3. The first kappa shape index (κ1) is 12.3. The van der Waals surface area contributed by atoms with Crippen molar-refractivity contribution in [1.29, 1.82) is 0 Å². The molecule has 0 saturated carbocycles. The predicted molar refractivity (Wildman–Crippen MR) is 64.1 cm³/mol. The van der Waals surface area contributed by atoms with Crippen LogP contribution >= 0.6 is 11.8 Å². The molecule has 1 N–H and O–H groups in total. The van der Waals surface area contributed by atoms with E-state index in [1.807, 2.05) is 11.8 Å². The van der Waals surface area contributed by atoms with E-state index in [4.69, 9.17) is 4.74 Å². The summed E-state index contributed by atoms with van der Waals surface area (Å²) in [5.41, 5.74) is 0.248. The van der Waals surface area contributed by atoms with E-state index in [1.54, 1.807) is 0 Å². The molecule has 0 aromatic carbocycles. The quantitative estimate of drug-likeness (QED) is 0.690. The molecule has 1 saturated heterocycles. The Balaban J connectivity index is 2.03. The number of rotatable bonds is 6. The van der Waals surface area contributed by atoms with Crippen molar-refractivity contribution in [3.05, 3.63) is 0 Å². The molecule has 1 atom stereocenters. The van der Waals surface area contributed by atoms with Crippen LogP contribution in [0.3, 0.4) is 0 Å². The summed E-state index contributed by atoms with van der Waals surface area (Å²) < 4.78 is 5.50. The van der Waals surface area contributed by atoms with Crippen LogP contribution in [0.1, 0.15) is 32.6 Å². The Morgan fingerprint density at radius 3 is 2.93 bits per heavy atom. The van der Waals surface area contributed by atoms with Crippen molar-refractivity contribution in [3.63, 3.8) is 0 Å².